The Kier molecular flexibility index (Phi) is 6.95. The average molecular weight is 375 g/mol. The number of carboxylic acids is 1. The highest BCUT2D eigenvalue weighted by molar-refractivity contribution is 5.73. The van der Waals surface area contributed by atoms with E-state index in [9.17, 15) is 4.79 Å². The number of hydrogen-bond donors (Lipinski definition) is 3. The lowest BCUT2D eigenvalue weighted by Gasteiger charge is -2.13. The van der Waals surface area contributed by atoms with Gasteiger partial charge in [0, 0.05) is 12.6 Å². The molecule has 0 aromatic heterocycles. The van der Waals surface area contributed by atoms with Gasteiger partial charge in [-0.15, -0.1) is 0 Å². The SMILES string of the molecule is O=C(O)[C@H](O)c1ccccc1.c1ccc(CNC2CCc3ccccc32)cc1. The molecular weight excluding hydrogens is 350 g/mol. The van der Waals surface area contributed by atoms with Crippen LogP contribution in [0.3, 0.4) is 0 Å². The van der Waals surface area contributed by atoms with Gasteiger partial charge in [-0.05, 0) is 35.1 Å². The second-order valence-electron chi connectivity index (χ2n) is 6.81. The number of aliphatic carboxylic acids is 1. The molecule has 4 rings (SSSR count). The summed E-state index contributed by atoms with van der Waals surface area (Å²) in [5.41, 5.74) is 4.76. The highest BCUT2D eigenvalue weighted by Gasteiger charge is 2.20. The smallest absolute Gasteiger partial charge is 0.337 e. The number of carbonyl (C=O) groups is 1. The van der Waals surface area contributed by atoms with Crippen LogP contribution in [0.15, 0.2) is 84.9 Å². The van der Waals surface area contributed by atoms with Crippen LogP contribution in [0.4, 0.5) is 0 Å². The third-order valence-electron chi connectivity index (χ3n) is 4.88. The van der Waals surface area contributed by atoms with Crippen LogP contribution in [-0.2, 0) is 17.8 Å². The Morgan fingerprint density at radius 1 is 0.929 bits per heavy atom. The molecule has 3 aromatic carbocycles. The predicted molar refractivity (Wildman–Crippen MR) is 110 cm³/mol. The number of rotatable bonds is 5. The van der Waals surface area contributed by atoms with E-state index < -0.39 is 12.1 Å². The maximum absolute atomic E-state index is 10.2. The van der Waals surface area contributed by atoms with Crippen LogP contribution in [0, 0.1) is 0 Å². The van der Waals surface area contributed by atoms with Gasteiger partial charge in [0.15, 0.2) is 6.10 Å². The molecule has 3 aromatic rings. The van der Waals surface area contributed by atoms with Gasteiger partial charge in [0.1, 0.15) is 0 Å². The molecule has 0 spiro atoms. The summed E-state index contributed by atoms with van der Waals surface area (Å²) < 4.78 is 0. The predicted octanol–water partition coefficient (Wildman–Crippen LogP) is 4.27. The number of benzene rings is 3. The number of nitrogens with one attached hydrogen (secondary N) is 1. The normalized spacial score (nSPS) is 15.8. The molecule has 144 valence electrons. The van der Waals surface area contributed by atoms with Gasteiger partial charge in [-0.2, -0.15) is 0 Å². The first-order valence-corrected chi connectivity index (χ1v) is 9.46. The average Bonchev–Trinajstić information content (AvgIpc) is 3.17. The largest absolute Gasteiger partial charge is 0.479 e. The summed E-state index contributed by atoms with van der Waals surface area (Å²) in [5, 5.41) is 21.0. The van der Waals surface area contributed by atoms with Crippen molar-refractivity contribution in [1.82, 2.24) is 5.32 Å². The zero-order valence-electron chi connectivity index (χ0n) is 15.7. The van der Waals surface area contributed by atoms with Crippen LogP contribution in [-0.4, -0.2) is 16.2 Å². The Bertz CT molecular complexity index is 881. The van der Waals surface area contributed by atoms with E-state index in [1.807, 2.05) is 0 Å². The maximum atomic E-state index is 10.2. The first kappa shape index (κ1) is 19.8. The molecule has 1 aliphatic carbocycles. The van der Waals surface area contributed by atoms with Crippen molar-refractivity contribution in [3.8, 4) is 0 Å². The minimum Gasteiger partial charge on any atom is -0.479 e. The summed E-state index contributed by atoms with van der Waals surface area (Å²) in [6.45, 7) is 0.958. The number of fused-ring (bicyclic) bond motifs is 1. The third kappa shape index (κ3) is 5.28. The van der Waals surface area contributed by atoms with E-state index in [1.54, 1.807) is 30.3 Å². The lowest BCUT2D eigenvalue weighted by atomic mass is 10.1. The Labute approximate surface area is 165 Å². The minimum atomic E-state index is -1.41. The van der Waals surface area contributed by atoms with Gasteiger partial charge >= 0.3 is 5.97 Å². The molecule has 1 unspecified atom stereocenters. The summed E-state index contributed by atoms with van der Waals surface area (Å²) in [6.07, 6.45) is 1.03. The van der Waals surface area contributed by atoms with Gasteiger partial charge in [-0.3, -0.25) is 0 Å². The maximum Gasteiger partial charge on any atom is 0.337 e. The first-order valence-electron chi connectivity index (χ1n) is 9.46. The van der Waals surface area contributed by atoms with Crippen molar-refractivity contribution in [2.75, 3.05) is 0 Å². The molecule has 0 bridgehead atoms. The van der Waals surface area contributed by atoms with E-state index in [1.165, 1.54) is 29.5 Å². The van der Waals surface area contributed by atoms with E-state index in [4.69, 9.17) is 10.2 Å². The van der Waals surface area contributed by atoms with Gasteiger partial charge in [0.2, 0.25) is 0 Å². The van der Waals surface area contributed by atoms with E-state index in [-0.39, 0.29) is 0 Å². The Hall–Kier alpha value is -2.95. The zero-order chi connectivity index (χ0) is 19.8. The number of hydrogen-bond acceptors (Lipinski definition) is 3. The summed E-state index contributed by atoms with van der Waals surface area (Å²) in [6, 6.07) is 28.2. The van der Waals surface area contributed by atoms with Crippen LogP contribution in [0.1, 0.15) is 40.8 Å². The number of aliphatic hydroxyl groups excluding tert-OH is 1. The monoisotopic (exact) mass is 375 g/mol. The van der Waals surface area contributed by atoms with Crippen molar-refractivity contribution < 1.29 is 15.0 Å². The van der Waals surface area contributed by atoms with Crippen molar-refractivity contribution in [3.63, 3.8) is 0 Å². The molecule has 0 heterocycles. The Balaban J connectivity index is 0.000000178. The highest BCUT2D eigenvalue weighted by atomic mass is 16.4. The lowest BCUT2D eigenvalue weighted by molar-refractivity contribution is -0.146. The minimum absolute atomic E-state index is 0.403. The van der Waals surface area contributed by atoms with Gasteiger partial charge in [0.05, 0.1) is 0 Å². The van der Waals surface area contributed by atoms with Crippen LogP contribution in [0.25, 0.3) is 0 Å². The number of carboxylic acid groups (broad SMARTS) is 1. The fourth-order valence-electron chi connectivity index (χ4n) is 3.38. The second kappa shape index (κ2) is 9.83. The molecule has 0 saturated heterocycles. The summed E-state index contributed by atoms with van der Waals surface area (Å²) in [4.78, 5) is 10.2. The molecule has 28 heavy (non-hydrogen) atoms. The molecule has 0 saturated carbocycles. The molecule has 1 aliphatic rings. The lowest BCUT2D eigenvalue weighted by Crippen LogP contribution is -2.18. The Morgan fingerprint density at radius 3 is 2.21 bits per heavy atom. The fourth-order valence-corrected chi connectivity index (χ4v) is 3.38. The quantitative estimate of drug-likeness (QED) is 0.623. The van der Waals surface area contributed by atoms with Gasteiger partial charge in [0.25, 0.3) is 0 Å². The summed E-state index contributed by atoms with van der Waals surface area (Å²) in [5.74, 6) is -1.23. The van der Waals surface area contributed by atoms with Crippen LogP contribution in [0.5, 0.6) is 0 Å². The van der Waals surface area contributed by atoms with Crippen LogP contribution in [0.2, 0.25) is 0 Å². The third-order valence-corrected chi connectivity index (χ3v) is 4.88. The molecule has 4 nitrogen and oxygen atoms in total. The molecule has 3 N–H and O–H groups in total. The van der Waals surface area contributed by atoms with Crippen molar-refractivity contribution in [2.24, 2.45) is 0 Å². The van der Waals surface area contributed by atoms with E-state index >= 15 is 0 Å². The standard InChI is InChI=1S/C16H17N.C8H8O3/c1-2-6-13(7-3-1)12-17-16-11-10-14-8-4-5-9-15(14)16;9-7(8(10)11)6-4-2-1-3-5-6/h1-9,16-17H,10-12H2;1-5,7,9H,(H,10,11)/t;7-/m.1/s1. The van der Waals surface area contributed by atoms with Crippen LogP contribution < -0.4 is 5.32 Å². The van der Waals surface area contributed by atoms with E-state index in [2.05, 4.69) is 59.9 Å². The molecule has 4 heteroatoms. The van der Waals surface area contributed by atoms with Crippen molar-refractivity contribution in [1.29, 1.82) is 0 Å². The van der Waals surface area contributed by atoms with Gasteiger partial charge in [-0.1, -0.05) is 84.9 Å². The molecule has 0 amide bonds. The van der Waals surface area contributed by atoms with Gasteiger partial charge < -0.3 is 15.5 Å². The molecule has 0 radical (unpaired) electrons. The summed E-state index contributed by atoms with van der Waals surface area (Å²) >= 11 is 0. The topological polar surface area (TPSA) is 69.6 Å². The second-order valence-corrected chi connectivity index (χ2v) is 6.81. The zero-order valence-corrected chi connectivity index (χ0v) is 15.7. The molecular formula is C24H25NO3. The van der Waals surface area contributed by atoms with E-state index in [0.717, 1.165) is 6.54 Å². The van der Waals surface area contributed by atoms with Crippen molar-refractivity contribution >= 4 is 5.97 Å². The van der Waals surface area contributed by atoms with Gasteiger partial charge in [-0.25, -0.2) is 4.79 Å². The summed E-state index contributed by atoms with van der Waals surface area (Å²) in [7, 11) is 0. The van der Waals surface area contributed by atoms with Crippen LogP contribution >= 0.6 is 0 Å². The van der Waals surface area contributed by atoms with Crippen molar-refractivity contribution in [3.05, 3.63) is 107 Å². The first-order chi connectivity index (χ1) is 13.6. The Morgan fingerprint density at radius 2 is 1.54 bits per heavy atom. The van der Waals surface area contributed by atoms with Crippen molar-refractivity contribution in [2.45, 2.75) is 31.5 Å². The fraction of sp³-hybridized carbons (Fsp3) is 0.208. The van der Waals surface area contributed by atoms with E-state index in [0.29, 0.717) is 11.6 Å². The number of aryl methyl sites for hydroxylation is 1. The molecule has 0 aliphatic heterocycles. The number of aliphatic hydroxyl groups is 1. The highest BCUT2D eigenvalue weighted by Crippen LogP contribution is 2.30. The molecule has 0 fully saturated rings. The molecule has 2 atom stereocenters.